The molecule has 1 aliphatic rings. The van der Waals surface area contributed by atoms with E-state index in [-0.39, 0.29) is 11.1 Å². The molecule has 0 saturated carbocycles. The number of thiazole rings is 1. The van der Waals surface area contributed by atoms with Gasteiger partial charge in [-0.15, -0.1) is 0 Å². The molecule has 0 radical (unpaired) electrons. The van der Waals surface area contributed by atoms with Gasteiger partial charge in [0, 0.05) is 17.2 Å². The monoisotopic (exact) mass is 499 g/mol. The van der Waals surface area contributed by atoms with E-state index in [2.05, 4.69) is 4.99 Å². The molecule has 0 amide bonds. The van der Waals surface area contributed by atoms with Crippen LogP contribution in [0.2, 0.25) is 0 Å². The number of nitrogens with zero attached hydrogens (tertiary/aromatic N) is 2. The number of fused-ring (bicyclic) bond motifs is 1. The number of aromatic nitrogens is 1. The smallest absolute Gasteiger partial charge is 0.338 e. The second kappa shape index (κ2) is 9.27. The zero-order valence-corrected chi connectivity index (χ0v) is 20.1. The van der Waals surface area contributed by atoms with Crippen molar-refractivity contribution in [1.29, 1.82) is 0 Å². The molecule has 1 atom stereocenters. The van der Waals surface area contributed by atoms with Crippen LogP contribution in [0.5, 0.6) is 0 Å². The molecule has 3 heterocycles. The normalized spacial score (nSPS) is 15.4. The van der Waals surface area contributed by atoms with Crippen molar-refractivity contribution in [3.63, 3.8) is 0 Å². The van der Waals surface area contributed by atoms with Crippen molar-refractivity contribution in [2.45, 2.75) is 13.0 Å². The fourth-order valence-electron chi connectivity index (χ4n) is 4.22. The number of rotatable bonds is 5. The van der Waals surface area contributed by atoms with Gasteiger partial charge in [-0.1, -0.05) is 65.9 Å². The first-order valence-corrected chi connectivity index (χ1v) is 11.8. The highest BCUT2D eigenvalue weighted by molar-refractivity contribution is 7.07. The van der Waals surface area contributed by atoms with Crippen molar-refractivity contribution >= 4 is 29.4 Å². The van der Waals surface area contributed by atoms with Crippen LogP contribution in [-0.2, 0) is 9.53 Å². The van der Waals surface area contributed by atoms with E-state index >= 15 is 0 Å². The predicted molar refractivity (Wildman–Crippen MR) is 131 cm³/mol. The summed E-state index contributed by atoms with van der Waals surface area (Å²) >= 11 is 1.17. The molecule has 36 heavy (non-hydrogen) atoms. The molecule has 0 aliphatic carbocycles. The summed E-state index contributed by atoms with van der Waals surface area (Å²) in [6, 6.07) is 18.2. The molecule has 2 aromatic carbocycles. The summed E-state index contributed by atoms with van der Waals surface area (Å²) in [6.45, 7) is 1.72. The number of carboxylic acids is 1. The van der Waals surface area contributed by atoms with E-state index in [0.717, 1.165) is 5.56 Å². The van der Waals surface area contributed by atoms with Crippen molar-refractivity contribution in [3.8, 4) is 11.3 Å². The molecule has 0 spiro atoms. The fourth-order valence-corrected chi connectivity index (χ4v) is 5.25. The molecule has 8 nitrogen and oxygen atoms in total. The number of methoxy groups -OCH3 is 1. The van der Waals surface area contributed by atoms with Gasteiger partial charge >= 0.3 is 5.97 Å². The zero-order valence-electron chi connectivity index (χ0n) is 19.3. The van der Waals surface area contributed by atoms with Crippen LogP contribution in [0.25, 0.3) is 17.4 Å². The van der Waals surface area contributed by atoms with E-state index < -0.39 is 18.0 Å². The van der Waals surface area contributed by atoms with Gasteiger partial charge in [-0.05, 0) is 24.6 Å². The third kappa shape index (κ3) is 3.99. The first-order chi connectivity index (χ1) is 17.4. The number of ether oxygens (including phenoxy) is 1. The summed E-state index contributed by atoms with van der Waals surface area (Å²) in [4.78, 5) is 42.7. The lowest BCUT2D eigenvalue weighted by Gasteiger charge is -2.24. The molecule has 2 aromatic heterocycles. The van der Waals surface area contributed by atoms with Crippen LogP contribution in [-0.4, -0.2) is 23.6 Å². The van der Waals surface area contributed by atoms with Crippen LogP contribution in [0.4, 0.5) is 0 Å². The van der Waals surface area contributed by atoms with Crippen LogP contribution in [0.1, 0.15) is 34.6 Å². The van der Waals surface area contributed by atoms with Crippen molar-refractivity contribution < 1.29 is 23.8 Å². The predicted octanol–water partition coefficient (Wildman–Crippen LogP) is 2.03. The van der Waals surface area contributed by atoms with Gasteiger partial charge in [0.15, 0.2) is 4.80 Å². The Morgan fingerprint density at radius 1 is 1.08 bits per heavy atom. The van der Waals surface area contributed by atoms with E-state index in [1.165, 1.54) is 29.1 Å². The van der Waals surface area contributed by atoms with Crippen LogP contribution < -0.4 is 20.0 Å². The largest absolute Gasteiger partial charge is 0.545 e. The second-order valence-electron chi connectivity index (χ2n) is 8.02. The third-order valence-electron chi connectivity index (χ3n) is 5.85. The first kappa shape index (κ1) is 23.3. The van der Waals surface area contributed by atoms with Crippen molar-refractivity contribution in [1.82, 2.24) is 4.57 Å². The summed E-state index contributed by atoms with van der Waals surface area (Å²) in [7, 11) is 1.29. The molecule has 180 valence electrons. The summed E-state index contributed by atoms with van der Waals surface area (Å²) in [5, 5.41) is 11.5. The summed E-state index contributed by atoms with van der Waals surface area (Å²) in [5.74, 6) is -1.17. The minimum absolute atomic E-state index is 0.00597. The average Bonchev–Trinajstić information content (AvgIpc) is 3.47. The van der Waals surface area contributed by atoms with Crippen molar-refractivity contribution in [3.05, 3.63) is 115 Å². The number of carbonyl (C=O) groups excluding carboxylic acids is 2. The van der Waals surface area contributed by atoms with E-state index in [1.54, 1.807) is 43.3 Å². The summed E-state index contributed by atoms with van der Waals surface area (Å²) in [6.07, 6.45) is 1.58. The zero-order chi connectivity index (χ0) is 25.4. The summed E-state index contributed by atoms with van der Waals surface area (Å²) in [5.41, 5.74) is 1.56. The van der Waals surface area contributed by atoms with Gasteiger partial charge in [0.25, 0.3) is 5.56 Å². The maximum Gasteiger partial charge on any atom is 0.338 e. The Kier molecular flexibility index (Phi) is 5.99. The number of carbonyl (C=O) groups is 2. The Morgan fingerprint density at radius 3 is 2.53 bits per heavy atom. The van der Waals surface area contributed by atoms with Crippen LogP contribution in [0, 0.1) is 0 Å². The van der Waals surface area contributed by atoms with Crippen LogP contribution >= 0.6 is 11.3 Å². The van der Waals surface area contributed by atoms with Gasteiger partial charge < -0.3 is 19.1 Å². The number of allylic oxidation sites excluding steroid dienone is 1. The molecule has 0 N–H and O–H groups in total. The molecule has 1 aliphatic heterocycles. The Bertz CT molecular complexity index is 1710. The van der Waals surface area contributed by atoms with E-state index in [9.17, 15) is 19.5 Å². The van der Waals surface area contributed by atoms with Gasteiger partial charge in [0.2, 0.25) is 0 Å². The molecule has 0 saturated heterocycles. The Morgan fingerprint density at radius 2 is 1.81 bits per heavy atom. The van der Waals surface area contributed by atoms with Gasteiger partial charge in [-0.2, -0.15) is 0 Å². The highest BCUT2D eigenvalue weighted by atomic mass is 32.1. The minimum Gasteiger partial charge on any atom is -0.545 e. The number of aromatic carboxylic acids is 1. The molecule has 0 unspecified atom stereocenters. The molecule has 4 aromatic rings. The number of hydrogen-bond acceptors (Lipinski definition) is 8. The number of carboxylic acid groups (broad SMARTS) is 1. The highest BCUT2D eigenvalue weighted by Gasteiger charge is 2.32. The van der Waals surface area contributed by atoms with Crippen LogP contribution in [0.15, 0.2) is 92.2 Å². The van der Waals surface area contributed by atoms with Crippen LogP contribution in [0.3, 0.4) is 0 Å². The molecule has 0 bridgehead atoms. The average molecular weight is 500 g/mol. The lowest BCUT2D eigenvalue weighted by atomic mass is 9.96. The van der Waals surface area contributed by atoms with E-state index in [1.807, 2.05) is 30.3 Å². The molecule has 5 rings (SSSR count). The van der Waals surface area contributed by atoms with Gasteiger partial charge in [-0.25, -0.2) is 9.79 Å². The number of furan rings is 1. The van der Waals surface area contributed by atoms with E-state index in [0.29, 0.717) is 37.7 Å². The second-order valence-corrected chi connectivity index (χ2v) is 9.03. The highest BCUT2D eigenvalue weighted by Crippen LogP contribution is 2.30. The minimum atomic E-state index is -1.31. The molecule has 9 heteroatoms. The van der Waals surface area contributed by atoms with Gasteiger partial charge in [0.1, 0.15) is 11.5 Å². The first-order valence-electron chi connectivity index (χ1n) is 11.0. The van der Waals surface area contributed by atoms with Gasteiger partial charge in [-0.3, -0.25) is 9.36 Å². The lowest BCUT2D eigenvalue weighted by Crippen LogP contribution is -2.39. The fraction of sp³-hybridized carbons (Fsp3) is 0.111. The number of esters is 1. The molecular weight excluding hydrogens is 480 g/mol. The van der Waals surface area contributed by atoms with E-state index in [4.69, 9.17) is 9.15 Å². The maximum absolute atomic E-state index is 13.6. The quantitative estimate of drug-likeness (QED) is 0.388. The standard InChI is InChI=1S/C27H20N2O6S/c1-15-22(26(33)34-2)23(16-8-4-3-5-9-16)29-24(30)21(36-27(29)28-15)14-17-12-13-20(35-17)18-10-6-7-11-19(18)25(31)32/h3-14,23H,1-2H3,(H,31,32)/p-1/b21-14-/t23-/m0/s1. The molecule has 0 fully saturated rings. The molecular formula is C27H19N2O6S-. The third-order valence-corrected chi connectivity index (χ3v) is 6.84. The number of benzene rings is 2. The number of hydrogen-bond donors (Lipinski definition) is 0. The van der Waals surface area contributed by atoms with Crippen molar-refractivity contribution in [2.75, 3.05) is 7.11 Å². The maximum atomic E-state index is 13.6. The Labute approximate surface area is 208 Å². The van der Waals surface area contributed by atoms with Crippen molar-refractivity contribution in [2.24, 2.45) is 4.99 Å². The SMILES string of the molecule is COC(=O)C1=C(C)N=c2s/c(=C\c3ccc(-c4ccccc4C(=O)[O-])o3)c(=O)n2[C@H]1c1ccccc1. The van der Waals surface area contributed by atoms with Gasteiger partial charge in [0.05, 0.1) is 34.9 Å². The topological polar surface area (TPSA) is 114 Å². The summed E-state index contributed by atoms with van der Waals surface area (Å²) < 4.78 is 12.7. The Balaban J connectivity index is 1.64. The lowest BCUT2D eigenvalue weighted by molar-refractivity contribution is -0.254. The Hall–Kier alpha value is -4.50.